The van der Waals surface area contributed by atoms with Gasteiger partial charge in [0, 0.05) is 12.7 Å². The van der Waals surface area contributed by atoms with E-state index >= 15 is 0 Å². The monoisotopic (exact) mass is 274 g/mol. The Morgan fingerprint density at radius 3 is 2.70 bits per heavy atom. The average molecular weight is 274 g/mol. The van der Waals surface area contributed by atoms with Crippen LogP contribution in [0.1, 0.15) is 17.4 Å². The minimum absolute atomic E-state index is 0.197. The molecule has 0 aliphatic rings. The molecule has 1 aromatic heterocycles. The van der Waals surface area contributed by atoms with E-state index in [1.54, 1.807) is 16.8 Å². The van der Waals surface area contributed by atoms with Crippen LogP contribution < -0.4 is 10.5 Å². The highest BCUT2D eigenvalue weighted by atomic mass is 16.6. The Kier molecular flexibility index (Phi) is 4.65. The molecule has 106 valence electrons. The number of nitrogen functional groups attached to an aromatic ring is 1. The van der Waals surface area contributed by atoms with Crippen molar-refractivity contribution >= 4 is 11.7 Å². The Labute approximate surface area is 117 Å². The van der Waals surface area contributed by atoms with Crippen LogP contribution in [0, 0.1) is 0 Å². The van der Waals surface area contributed by atoms with Crippen molar-refractivity contribution < 1.29 is 14.3 Å². The Balaban J connectivity index is 1.80. The van der Waals surface area contributed by atoms with E-state index in [1.807, 2.05) is 37.3 Å². The molecule has 2 N–H and O–H groups in total. The first-order valence-electron chi connectivity index (χ1n) is 6.51. The molecule has 0 saturated heterocycles. The van der Waals surface area contributed by atoms with Crippen LogP contribution in [0.5, 0.6) is 5.75 Å². The Morgan fingerprint density at radius 1 is 1.25 bits per heavy atom. The van der Waals surface area contributed by atoms with Crippen molar-refractivity contribution in [2.45, 2.75) is 13.5 Å². The molecule has 0 radical (unpaired) electrons. The van der Waals surface area contributed by atoms with Gasteiger partial charge >= 0.3 is 5.97 Å². The molecule has 0 unspecified atom stereocenters. The largest absolute Gasteiger partial charge is 0.490 e. The summed E-state index contributed by atoms with van der Waals surface area (Å²) >= 11 is 0. The van der Waals surface area contributed by atoms with Gasteiger partial charge in [0.2, 0.25) is 0 Å². The molecule has 0 spiro atoms. The summed E-state index contributed by atoms with van der Waals surface area (Å²) in [5, 5.41) is 0. The summed E-state index contributed by atoms with van der Waals surface area (Å²) in [7, 11) is 0. The van der Waals surface area contributed by atoms with Crippen molar-refractivity contribution in [3.05, 3.63) is 48.3 Å². The lowest BCUT2D eigenvalue weighted by Crippen LogP contribution is -2.15. The fraction of sp³-hybridized carbons (Fsp3) is 0.267. The van der Waals surface area contributed by atoms with Gasteiger partial charge in [-0.3, -0.25) is 0 Å². The molecule has 20 heavy (non-hydrogen) atoms. The number of nitrogens with zero attached hydrogens (tertiary/aromatic N) is 1. The van der Waals surface area contributed by atoms with Gasteiger partial charge in [-0.25, -0.2) is 4.79 Å². The molecule has 1 heterocycles. The lowest BCUT2D eigenvalue weighted by Gasteiger charge is -2.08. The molecule has 5 nitrogen and oxygen atoms in total. The highest BCUT2D eigenvalue weighted by Gasteiger charge is 2.13. The smallest absolute Gasteiger partial charge is 0.355 e. The van der Waals surface area contributed by atoms with Gasteiger partial charge in [-0.2, -0.15) is 0 Å². The fourth-order valence-electron chi connectivity index (χ4n) is 1.85. The second-order valence-corrected chi connectivity index (χ2v) is 4.24. The molecule has 0 aliphatic heterocycles. The van der Waals surface area contributed by atoms with Gasteiger partial charge in [-0.15, -0.1) is 0 Å². The van der Waals surface area contributed by atoms with Gasteiger partial charge in [0.25, 0.3) is 0 Å². The molecule has 0 atom stereocenters. The third-order valence-electron chi connectivity index (χ3n) is 2.80. The van der Waals surface area contributed by atoms with E-state index in [2.05, 4.69) is 0 Å². The van der Waals surface area contributed by atoms with Crippen molar-refractivity contribution in [2.24, 2.45) is 0 Å². The molecule has 2 aromatic rings. The summed E-state index contributed by atoms with van der Waals surface area (Å²) in [5.74, 6) is 0.366. The summed E-state index contributed by atoms with van der Waals surface area (Å²) in [5.41, 5.74) is 6.69. The number of anilines is 1. The number of nitrogens with two attached hydrogens (primary N) is 1. The maximum Gasteiger partial charge on any atom is 0.355 e. The van der Waals surface area contributed by atoms with Crippen molar-refractivity contribution in [2.75, 3.05) is 18.9 Å². The molecular weight excluding hydrogens is 256 g/mol. The quantitative estimate of drug-likeness (QED) is 0.648. The second kappa shape index (κ2) is 6.65. The molecule has 0 bridgehead atoms. The van der Waals surface area contributed by atoms with Gasteiger partial charge in [0.05, 0.1) is 5.69 Å². The van der Waals surface area contributed by atoms with Crippen LogP contribution in [-0.4, -0.2) is 23.8 Å². The second-order valence-electron chi connectivity index (χ2n) is 4.24. The highest BCUT2D eigenvalue weighted by Crippen LogP contribution is 2.12. The minimum Gasteiger partial charge on any atom is -0.490 e. The maximum absolute atomic E-state index is 11.9. The number of carbonyl (C=O) groups is 1. The number of hydrogen-bond acceptors (Lipinski definition) is 4. The van der Waals surface area contributed by atoms with Gasteiger partial charge in [0.15, 0.2) is 0 Å². The Bertz CT molecular complexity index is 564. The van der Waals surface area contributed by atoms with Gasteiger partial charge in [-0.05, 0) is 25.1 Å². The number of esters is 1. The number of aromatic nitrogens is 1. The van der Waals surface area contributed by atoms with Crippen LogP contribution in [0.2, 0.25) is 0 Å². The van der Waals surface area contributed by atoms with Crippen molar-refractivity contribution in [1.82, 2.24) is 4.57 Å². The zero-order valence-electron chi connectivity index (χ0n) is 11.4. The molecule has 0 amide bonds. The molecule has 5 heteroatoms. The first kappa shape index (κ1) is 14.0. The third kappa shape index (κ3) is 3.54. The SMILES string of the molecule is CCn1cc(N)cc1C(=O)OCCOc1ccccc1. The fourth-order valence-corrected chi connectivity index (χ4v) is 1.85. The third-order valence-corrected chi connectivity index (χ3v) is 2.80. The summed E-state index contributed by atoms with van der Waals surface area (Å²) < 4.78 is 12.4. The van der Waals surface area contributed by atoms with E-state index in [0.29, 0.717) is 24.5 Å². The molecule has 2 rings (SSSR count). The van der Waals surface area contributed by atoms with Crippen LogP contribution >= 0.6 is 0 Å². The first-order valence-corrected chi connectivity index (χ1v) is 6.51. The lowest BCUT2D eigenvalue weighted by atomic mass is 10.3. The lowest BCUT2D eigenvalue weighted by molar-refractivity contribution is 0.0438. The van der Waals surface area contributed by atoms with Gasteiger partial charge in [0.1, 0.15) is 24.7 Å². The van der Waals surface area contributed by atoms with Crippen LogP contribution in [0.3, 0.4) is 0 Å². The number of benzene rings is 1. The number of hydrogen-bond donors (Lipinski definition) is 1. The van der Waals surface area contributed by atoms with E-state index in [-0.39, 0.29) is 12.6 Å². The summed E-state index contributed by atoms with van der Waals surface area (Å²) in [4.78, 5) is 11.9. The average Bonchev–Trinajstić information content (AvgIpc) is 2.86. The molecule has 1 aromatic carbocycles. The topological polar surface area (TPSA) is 66.5 Å². The van der Waals surface area contributed by atoms with Gasteiger partial charge in [-0.1, -0.05) is 18.2 Å². The van der Waals surface area contributed by atoms with Crippen molar-refractivity contribution in [3.8, 4) is 5.75 Å². The van der Waals surface area contributed by atoms with Crippen LogP contribution in [0.4, 0.5) is 5.69 Å². The zero-order valence-corrected chi connectivity index (χ0v) is 11.4. The minimum atomic E-state index is -0.389. The van der Waals surface area contributed by atoms with E-state index in [4.69, 9.17) is 15.2 Å². The number of ether oxygens (including phenoxy) is 2. The standard InChI is InChI=1S/C15H18N2O3/c1-2-17-11-12(16)10-14(17)15(18)20-9-8-19-13-6-4-3-5-7-13/h3-7,10-11H,2,8-9,16H2,1H3. The number of rotatable bonds is 6. The molecule has 0 aliphatic carbocycles. The van der Waals surface area contributed by atoms with Gasteiger partial charge < -0.3 is 19.8 Å². The Morgan fingerprint density at radius 2 is 2.00 bits per heavy atom. The summed E-state index contributed by atoms with van der Waals surface area (Å²) in [6.45, 7) is 3.12. The first-order chi connectivity index (χ1) is 9.70. The number of para-hydroxylation sites is 1. The predicted molar refractivity (Wildman–Crippen MR) is 76.7 cm³/mol. The highest BCUT2D eigenvalue weighted by molar-refractivity contribution is 5.89. The Hall–Kier alpha value is -2.43. The maximum atomic E-state index is 11.9. The van der Waals surface area contributed by atoms with E-state index < -0.39 is 0 Å². The molecular formula is C15H18N2O3. The molecule has 0 saturated carbocycles. The van der Waals surface area contributed by atoms with Crippen LogP contribution in [0.25, 0.3) is 0 Å². The van der Waals surface area contributed by atoms with Crippen molar-refractivity contribution in [1.29, 1.82) is 0 Å². The van der Waals surface area contributed by atoms with E-state index in [1.165, 1.54) is 0 Å². The zero-order chi connectivity index (χ0) is 14.4. The van der Waals surface area contributed by atoms with Crippen LogP contribution in [0.15, 0.2) is 42.6 Å². The normalized spacial score (nSPS) is 10.2. The number of carbonyl (C=O) groups excluding carboxylic acids is 1. The summed E-state index contributed by atoms with van der Waals surface area (Å²) in [6, 6.07) is 11.0. The number of aryl methyl sites for hydroxylation is 1. The summed E-state index contributed by atoms with van der Waals surface area (Å²) in [6.07, 6.45) is 1.72. The van der Waals surface area contributed by atoms with Crippen LogP contribution in [-0.2, 0) is 11.3 Å². The van der Waals surface area contributed by atoms with Crippen molar-refractivity contribution in [3.63, 3.8) is 0 Å². The molecule has 0 fully saturated rings. The predicted octanol–water partition coefficient (Wildman–Crippen LogP) is 2.33. The van der Waals surface area contributed by atoms with E-state index in [9.17, 15) is 4.79 Å². The van der Waals surface area contributed by atoms with E-state index in [0.717, 1.165) is 5.75 Å².